The van der Waals surface area contributed by atoms with Crippen molar-refractivity contribution in [3.05, 3.63) is 54.3 Å². The van der Waals surface area contributed by atoms with Gasteiger partial charge >= 0.3 is 5.97 Å². The van der Waals surface area contributed by atoms with E-state index >= 15 is 0 Å². The van der Waals surface area contributed by atoms with Crippen LogP contribution in [0.1, 0.15) is 12.8 Å². The first-order valence-electron chi connectivity index (χ1n) is 8.12. The van der Waals surface area contributed by atoms with Gasteiger partial charge in [0.25, 0.3) is 5.92 Å². The molecule has 0 amide bonds. The summed E-state index contributed by atoms with van der Waals surface area (Å²) in [7, 11) is 0. The molecule has 3 rings (SSSR count). The van der Waals surface area contributed by atoms with Crippen molar-refractivity contribution in [3.8, 4) is 17.2 Å². The van der Waals surface area contributed by atoms with Crippen LogP contribution in [0.3, 0.4) is 0 Å². The fourth-order valence-corrected chi connectivity index (χ4v) is 2.31. The minimum Gasteiger partial charge on any atom is -0.490 e. The first kappa shape index (κ1) is 18.1. The largest absolute Gasteiger partial charge is 0.490 e. The summed E-state index contributed by atoms with van der Waals surface area (Å²) in [5.41, 5.74) is 0. The molecule has 26 heavy (non-hydrogen) atoms. The second-order valence-corrected chi connectivity index (χ2v) is 5.96. The van der Waals surface area contributed by atoms with Crippen molar-refractivity contribution in [2.45, 2.75) is 18.8 Å². The summed E-state index contributed by atoms with van der Waals surface area (Å²) >= 11 is 0. The van der Waals surface area contributed by atoms with Gasteiger partial charge in [-0.25, -0.2) is 13.2 Å². The Labute approximate surface area is 148 Å². The van der Waals surface area contributed by atoms with E-state index in [1.54, 1.807) is 24.3 Å². The van der Waals surface area contributed by atoms with Crippen LogP contribution in [0.4, 0.5) is 13.2 Å². The van der Waals surface area contributed by atoms with Gasteiger partial charge in [-0.2, -0.15) is 0 Å². The van der Waals surface area contributed by atoms with Crippen molar-refractivity contribution in [1.82, 2.24) is 0 Å². The second kappa shape index (κ2) is 7.68. The van der Waals surface area contributed by atoms with Crippen molar-refractivity contribution in [1.29, 1.82) is 0 Å². The van der Waals surface area contributed by atoms with Crippen LogP contribution in [-0.4, -0.2) is 25.1 Å². The Morgan fingerprint density at radius 2 is 1.50 bits per heavy atom. The lowest BCUT2D eigenvalue weighted by molar-refractivity contribution is -0.145. The zero-order chi connectivity index (χ0) is 18.6. The molecular weight excluding hydrogens is 349 g/mol. The maximum atomic E-state index is 12.8. The summed E-state index contributed by atoms with van der Waals surface area (Å²) in [4.78, 5) is 11.4. The fourth-order valence-electron chi connectivity index (χ4n) is 2.31. The SMILES string of the molecule is O=C(CC1CC1(F)F)OCCOc1ccc(Oc2ccc(F)cc2)cc1. The number of carbonyl (C=O) groups excluding carboxylic acids is 1. The molecule has 7 heteroatoms. The van der Waals surface area contributed by atoms with Crippen molar-refractivity contribution in [3.63, 3.8) is 0 Å². The predicted octanol–water partition coefficient (Wildman–Crippen LogP) is 4.59. The van der Waals surface area contributed by atoms with Gasteiger partial charge in [-0.3, -0.25) is 4.79 Å². The van der Waals surface area contributed by atoms with Gasteiger partial charge in [-0.05, 0) is 48.5 Å². The molecule has 0 heterocycles. The van der Waals surface area contributed by atoms with Crippen molar-refractivity contribution < 1.29 is 32.2 Å². The van der Waals surface area contributed by atoms with E-state index in [1.165, 1.54) is 24.3 Å². The normalized spacial score (nSPS) is 17.4. The molecule has 0 aromatic heterocycles. The van der Waals surface area contributed by atoms with Gasteiger partial charge in [0.1, 0.15) is 36.3 Å². The molecule has 1 saturated carbocycles. The topological polar surface area (TPSA) is 44.8 Å². The van der Waals surface area contributed by atoms with Crippen LogP contribution in [-0.2, 0) is 9.53 Å². The van der Waals surface area contributed by atoms with Gasteiger partial charge in [0.15, 0.2) is 0 Å². The lowest BCUT2D eigenvalue weighted by Crippen LogP contribution is -2.13. The lowest BCUT2D eigenvalue weighted by Gasteiger charge is -2.09. The van der Waals surface area contributed by atoms with E-state index in [2.05, 4.69) is 0 Å². The number of hydrogen-bond acceptors (Lipinski definition) is 4. The molecule has 0 saturated heterocycles. The quantitative estimate of drug-likeness (QED) is 0.507. The molecule has 0 aliphatic heterocycles. The minimum atomic E-state index is -2.72. The Kier molecular flexibility index (Phi) is 5.35. The standard InChI is InChI=1S/C19H17F3O4/c20-14-1-3-16(4-2-14)26-17-7-5-15(6-8-17)24-9-10-25-18(23)11-13-12-19(13,21)22/h1-8,13H,9-12H2. The van der Waals surface area contributed by atoms with Crippen molar-refractivity contribution >= 4 is 5.97 Å². The van der Waals surface area contributed by atoms with Crippen molar-refractivity contribution in [2.75, 3.05) is 13.2 Å². The van der Waals surface area contributed by atoms with Crippen LogP contribution in [0.25, 0.3) is 0 Å². The number of benzene rings is 2. The van der Waals surface area contributed by atoms with Gasteiger partial charge in [0.2, 0.25) is 0 Å². The molecule has 138 valence electrons. The van der Waals surface area contributed by atoms with E-state index in [0.29, 0.717) is 17.2 Å². The third-order valence-electron chi connectivity index (χ3n) is 3.86. The van der Waals surface area contributed by atoms with E-state index in [-0.39, 0.29) is 31.9 Å². The molecule has 1 unspecified atom stereocenters. The monoisotopic (exact) mass is 366 g/mol. The Balaban J connectivity index is 1.36. The summed E-state index contributed by atoms with van der Waals surface area (Å²) in [6, 6.07) is 12.4. The molecule has 1 aliphatic rings. The smallest absolute Gasteiger partial charge is 0.306 e. The van der Waals surface area contributed by atoms with Crippen LogP contribution in [0.15, 0.2) is 48.5 Å². The van der Waals surface area contributed by atoms with E-state index in [9.17, 15) is 18.0 Å². The summed E-state index contributed by atoms with van der Waals surface area (Å²) in [6.45, 7) is 0.107. The molecule has 0 bridgehead atoms. The number of alkyl halides is 2. The van der Waals surface area contributed by atoms with Crippen LogP contribution >= 0.6 is 0 Å². The molecule has 2 aromatic rings. The van der Waals surface area contributed by atoms with Crippen LogP contribution < -0.4 is 9.47 Å². The average molecular weight is 366 g/mol. The highest BCUT2D eigenvalue weighted by molar-refractivity contribution is 5.70. The molecule has 1 atom stereocenters. The van der Waals surface area contributed by atoms with Gasteiger partial charge in [-0.1, -0.05) is 0 Å². The highest BCUT2D eigenvalue weighted by atomic mass is 19.3. The highest BCUT2D eigenvalue weighted by Crippen LogP contribution is 2.50. The van der Waals surface area contributed by atoms with E-state index in [4.69, 9.17) is 14.2 Å². The van der Waals surface area contributed by atoms with Crippen LogP contribution in [0.2, 0.25) is 0 Å². The molecule has 1 aliphatic carbocycles. The summed E-state index contributed by atoms with van der Waals surface area (Å²) in [5, 5.41) is 0. The van der Waals surface area contributed by atoms with Crippen molar-refractivity contribution in [2.24, 2.45) is 5.92 Å². The summed E-state index contributed by atoms with van der Waals surface area (Å²) in [6.07, 6.45) is -0.507. The number of halogens is 3. The zero-order valence-electron chi connectivity index (χ0n) is 13.8. The highest BCUT2D eigenvalue weighted by Gasteiger charge is 2.57. The number of ether oxygens (including phenoxy) is 3. The Morgan fingerprint density at radius 3 is 2.08 bits per heavy atom. The Hall–Kier alpha value is -2.70. The Morgan fingerprint density at radius 1 is 0.962 bits per heavy atom. The molecule has 4 nitrogen and oxygen atoms in total. The van der Waals surface area contributed by atoms with E-state index < -0.39 is 17.8 Å². The second-order valence-electron chi connectivity index (χ2n) is 5.96. The van der Waals surface area contributed by atoms with E-state index in [1.807, 2.05) is 0 Å². The van der Waals surface area contributed by atoms with Crippen LogP contribution in [0, 0.1) is 11.7 Å². The van der Waals surface area contributed by atoms with Gasteiger partial charge in [0.05, 0.1) is 6.42 Å². The van der Waals surface area contributed by atoms with Gasteiger partial charge < -0.3 is 14.2 Å². The predicted molar refractivity (Wildman–Crippen MR) is 87.0 cm³/mol. The number of carbonyl (C=O) groups is 1. The first-order chi connectivity index (χ1) is 12.4. The summed E-state index contributed by atoms with van der Waals surface area (Å²) in [5.74, 6) is -2.97. The van der Waals surface area contributed by atoms with Gasteiger partial charge in [0, 0.05) is 12.3 Å². The Bertz CT molecular complexity index is 744. The third kappa shape index (κ3) is 5.15. The molecule has 0 spiro atoms. The fraction of sp³-hybridized carbons (Fsp3) is 0.316. The maximum absolute atomic E-state index is 12.8. The first-order valence-corrected chi connectivity index (χ1v) is 8.12. The van der Waals surface area contributed by atoms with E-state index in [0.717, 1.165) is 0 Å². The molecule has 2 aromatic carbocycles. The lowest BCUT2D eigenvalue weighted by atomic mass is 10.3. The average Bonchev–Trinajstić information content (AvgIpc) is 3.21. The maximum Gasteiger partial charge on any atom is 0.306 e. The zero-order valence-corrected chi connectivity index (χ0v) is 13.8. The number of rotatable bonds is 8. The molecular formula is C19H17F3O4. The minimum absolute atomic E-state index is 0.00897. The van der Waals surface area contributed by atoms with Gasteiger partial charge in [-0.15, -0.1) is 0 Å². The number of esters is 1. The molecule has 1 fully saturated rings. The third-order valence-corrected chi connectivity index (χ3v) is 3.86. The molecule has 0 N–H and O–H groups in total. The van der Waals surface area contributed by atoms with Crippen LogP contribution in [0.5, 0.6) is 17.2 Å². The summed E-state index contributed by atoms with van der Waals surface area (Å²) < 4.78 is 54.1. The molecule has 0 radical (unpaired) electrons. The number of hydrogen-bond donors (Lipinski definition) is 0.